The lowest BCUT2D eigenvalue weighted by atomic mass is 10.2. The Morgan fingerprint density at radius 1 is 1.60 bits per heavy atom. The SMILES string of the molecule is COc1ncccc1NC1CCCSC1. The average Bonchev–Trinajstić information content (AvgIpc) is 2.31. The molecule has 0 aliphatic carbocycles. The van der Waals surface area contributed by atoms with E-state index in [1.54, 1.807) is 13.3 Å². The summed E-state index contributed by atoms with van der Waals surface area (Å²) >= 11 is 2.01. The number of thioether (sulfide) groups is 1. The predicted octanol–water partition coefficient (Wildman–Crippen LogP) is 2.40. The topological polar surface area (TPSA) is 34.1 Å². The van der Waals surface area contributed by atoms with Crippen molar-refractivity contribution < 1.29 is 4.74 Å². The van der Waals surface area contributed by atoms with E-state index in [1.807, 2.05) is 23.9 Å². The van der Waals surface area contributed by atoms with Gasteiger partial charge in [-0.2, -0.15) is 11.8 Å². The smallest absolute Gasteiger partial charge is 0.237 e. The van der Waals surface area contributed by atoms with Gasteiger partial charge in [-0.3, -0.25) is 0 Å². The van der Waals surface area contributed by atoms with Crippen molar-refractivity contribution in [2.45, 2.75) is 18.9 Å². The van der Waals surface area contributed by atoms with Crippen LogP contribution in [-0.4, -0.2) is 29.6 Å². The first kappa shape index (κ1) is 10.6. The summed E-state index contributed by atoms with van der Waals surface area (Å²) in [4.78, 5) is 4.17. The fourth-order valence-electron chi connectivity index (χ4n) is 1.74. The van der Waals surface area contributed by atoms with E-state index < -0.39 is 0 Å². The van der Waals surface area contributed by atoms with Crippen LogP contribution in [-0.2, 0) is 0 Å². The van der Waals surface area contributed by atoms with Crippen LogP contribution in [0, 0.1) is 0 Å². The molecule has 15 heavy (non-hydrogen) atoms. The normalized spacial score (nSPS) is 21.0. The van der Waals surface area contributed by atoms with E-state index in [0.29, 0.717) is 11.9 Å². The summed E-state index contributed by atoms with van der Waals surface area (Å²) in [6, 6.07) is 4.51. The Kier molecular flexibility index (Phi) is 3.72. The first-order chi connectivity index (χ1) is 7.40. The molecule has 4 heteroatoms. The maximum Gasteiger partial charge on any atom is 0.237 e. The lowest BCUT2D eigenvalue weighted by Crippen LogP contribution is -2.26. The van der Waals surface area contributed by atoms with E-state index in [1.165, 1.54) is 24.3 Å². The third kappa shape index (κ3) is 2.78. The number of methoxy groups -OCH3 is 1. The number of ether oxygens (including phenoxy) is 1. The molecule has 1 atom stereocenters. The van der Waals surface area contributed by atoms with Crippen LogP contribution in [0.15, 0.2) is 18.3 Å². The number of anilines is 1. The summed E-state index contributed by atoms with van der Waals surface area (Å²) in [7, 11) is 1.66. The second-order valence-corrected chi connectivity index (χ2v) is 4.77. The molecule has 1 aromatic rings. The fourth-order valence-corrected chi connectivity index (χ4v) is 2.81. The molecule has 0 radical (unpaired) electrons. The maximum absolute atomic E-state index is 5.21. The standard InChI is InChI=1S/C11H16N2OS/c1-14-11-10(5-2-6-12-11)13-9-4-3-7-15-8-9/h2,5-6,9,13H,3-4,7-8H2,1H3. The summed E-state index contributed by atoms with van der Waals surface area (Å²) in [6.45, 7) is 0. The third-order valence-corrected chi connectivity index (χ3v) is 3.70. The zero-order chi connectivity index (χ0) is 10.5. The van der Waals surface area contributed by atoms with Crippen molar-refractivity contribution in [1.29, 1.82) is 0 Å². The minimum atomic E-state index is 0.557. The highest BCUT2D eigenvalue weighted by atomic mass is 32.2. The summed E-state index contributed by atoms with van der Waals surface area (Å²) in [5.41, 5.74) is 1.01. The molecule has 1 N–H and O–H groups in total. The van der Waals surface area contributed by atoms with Crippen LogP contribution in [0.3, 0.4) is 0 Å². The average molecular weight is 224 g/mol. The number of hydrogen-bond acceptors (Lipinski definition) is 4. The second-order valence-electron chi connectivity index (χ2n) is 3.62. The first-order valence-electron chi connectivity index (χ1n) is 5.23. The van der Waals surface area contributed by atoms with Crippen LogP contribution >= 0.6 is 11.8 Å². The van der Waals surface area contributed by atoms with Crippen LogP contribution in [0.5, 0.6) is 5.88 Å². The Hall–Kier alpha value is -0.900. The van der Waals surface area contributed by atoms with Crippen molar-refractivity contribution in [1.82, 2.24) is 4.98 Å². The van der Waals surface area contributed by atoms with Gasteiger partial charge in [0.1, 0.15) is 0 Å². The molecule has 1 unspecified atom stereocenters. The minimum absolute atomic E-state index is 0.557. The Morgan fingerprint density at radius 3 is 3.27 bits per heavy atom. The van der Waals surface area contributed by atoms with Gasteiger partial charge < -0.3 is 10.1 Å². The first-order valence-corrected chi connectivity index (χ1v) is 6.39. The quantitative estimate of drug-likeness (QED) is 0.855. The summed E-state index contributed by atoms with van der Waals surface area (Å²) in [5, 5.41) is 3.49. The number of nitrogens with one attached hydrogen (secondary N) is 1. The molecule has 1 fully saturated rings. The molecule has 2 rings (SSSR count). The highest BCUT2D eigenvalue weighted by molar-refractivity contribution is 7.99. The predicted molar refractivity (Wildman–Crippen MR) is 64.8 cm³/mol. The largest absolute Gasteiger partial charge is 0.480 e. The van der Waals surface area contributed by atoms with E-state index in [9.17, 15) is 0 Å². The monoisotopic (exact) mass is 224 g/mol. The van der Waals surface area contributed by atoms with Gasteiger partial charge >= 0.3 is 0 Å². The Labute approximate surface area is 94.6 Å². The van der Waals surface area contributed by atoms with E-state index in [4.69, 9.17) is 4.74 Å². The molecule has 1 aliphatic heterocycles. The summed E-state index contributed by atoms with van der Waals surface area (Å²) < 4.78 is 5.21. The van der Waals surface area contributed by atoms with Crippen molar-refractivity contribution in [3.05, 3.63) is 18.3 Å². The number of rotatable bonds is 3. The molecule has 1 aliphatic rings. The Bertz CT molecular complexity index is 313. The van der Waals surface area contributed by atoms with Crippen molar-refractivity contribution >= 4 is 17.4 Å². The maximum atomic E-state index is 5.21. The summed E-state index contributed by atoms with van der Waals surface area (Å²) in [6.07, 6.45) is 4.29. The van der Waals surface area contributed by atoms with Gasteiger partial charge in [-0.15, -0.1) is 0 Å². The number of aromatic nitrogens is 1. The zero-order valence-electron chi connectivity index (χ0n) is 8.90. The van der Waals surface area contributed by atoms with Crippen molar-refractivity contribution in [2.24, 2.45) is 0 Å². The minimum Gasteiger partial charge on any atom is -0.480 e. The van der Waals surface area contributed by atoms with Gasteiger partial charge in [-0.05, 0) is 30.7 Å². The molecule has 1 aromatic heterocycles. The molecular weight excluding hydrogens is 208 g/mol. The molecule has 82 valence electrons. The van der Waals surface area contributed by atoms with Crippen molar-refractivity contribution in [3.8, 4) is 5.88 Å². The van der Waals surface area contributed by atoms with Gasteiger partial charge in [0.25, 0.3) is 0 Å². The van der Waals surface area contributed by atoms with Gasteiger partial charge in [0, 0.05) is 18.0 Å². The van der Waals surface area contributed by atoms with Crippen LogP contribution in [0.2, 0.25) is 0 Å². The van der Waals surface area contributed by atoms with E-state index in [2.05, 4.69) is 10.3 Å². The molecule has 0 saturated carbocycles. The van der Waals surface area contributed by atoms with E-state index in [0.717, 1.165) is 5.69 Å². The second kappa shape index (κ2) is 5.26. The van der Waals surface area contributed by atoms with Crippen LogP contribution < -0.4 is 10.1 Å². The van der Waals surface area contributed by atoms with Gasteiger partial charge in [0.2, 0.25) is 5.88 Å². The Balaban J connectivity index is 2.02. The lowest BCUT2D eigenvalue weighted by Gasteiger charge is -2.23. The zero-order valence-corrected chi connectivity index (χ0v) is 9.72. The Morgan fingerprint density at radius 2 is 2.53 bits per heavy atom. The molecule has 0 bridgehead atoms. The van der Waals surface area contributed by atoms with Crippen molar-refractivity contribution in [2.75, 3.05) is 23.9 Å². The van der Waals surface area contributed by atoms with E-state index >= 15 is 0 Å². The molecule has 0 spiro atoms. The third-order valence-electron chi connectivity index (χ3n) is 2.48. The molecule has 0 aromatic carbocycles. The van der Waals surface area contributed by atoms with Crippen LogP contribution in [0.4, 0.5) is 5.69 Å². The summed E-state index contributed by atoms with van der Waals surface area (Å²) in [5.74, 6) is 3.16. The molecule has 1 saturated heterocycles. The molecular formula is C11H16N2OS. The molecule has 2 heterocycles. The highest BCUT2D eigenvalue weighted by Gasteiger charge is 2.15. The fraction of sp³-hybridized carbons (Fsp3) is 0.545. The van der Waals surface area contributed by atoms with Gasteiger partial charge in [0.15, 0.2) is 0 Å². The van der Waals surface area contributed by atoms with Crippen LogP contribution in [0.25, 0.3) is 0 Å². The van der Waals surface area contributed by atoms with Gasteiger partial charge in [0.05, 0.1) is 12.8 Å². The molecule has 0 amide bonds. The van der Waals surface area contributed by atoms with Gasteiger partial charge in [-0.25, -0.2) is 4.98 Å². The number of nitrogens with zero attached hydrogens (tertiary/aromatic N) is 1. The number of pyridine rings is 1. The van der Waals surface area contributed by atoms with Crippen molar-refractivity contribution in [3.63, 3.8) is 0 Å². The lowest BCUT2D eigenvalue weighted by molar-refractivity contribution is 0.399. The highest BCUT2D eigenvalue weighted by Crippen LogP contribution is 2.25. The van der Waals surface area contributed by atoms with E-state index in [-0.39, 0.29) is 0 Å². The van der Waals surface area contributed by atoms with Gasteiger partial charge in [-0.1, -0.05) is 0 Å². The number of hydrogen-bond donors (Lipinski definition) is 1. The van der Waals surface area contributed by atoms with Crippen LogP contribution in [0.1, 0.15) is 12.8 Å². The molecule has 3 nitrogen and oxygen atoms in total.